The molecule has 2 aromatic rings. The van der Waals surface area contributed by atoms with E-state index in [1.54, 1.807) is 23.5 Å². The molecule has 1 aliphatic rings. The number of hydrogen-bond acceptors (Lipinski definition) is 6. The van der Waals surface area contributed by atoms with Crippen LogP contribution >= 0.6 is 11.3 Å². The fourth-order valence-electron chi connectivity index (χ4n) is 2.94. The van der Waals surface area contributed by atoms with E-state index < -0.39 is 9.84 Å². The predicted molar refractivity (Wildman–Crippen MR) is 101 cm³/mol. The number of carbonyl (C=O) groups excluding carboxylic acids is 1. The highest BCUT2D eigenvalue weighted by Gasteiger charge is 2.24. The molecular weight excluding hydrogens is 372 g/mol. The second-order valence-electron chi connectivity index (χ2n) is 6.19. The van der Waals surface area contributed by atoms with E-state index in [1.807, 2.05) is 11.4 Å². The lowest BCUT2D eigenvalue weighted by Crippen LogP contribution is -2.43. The van der Waals surface area contributed by atoms with E-state index >= 15 is 0 Å². The van der Waals surface area contributed by atoms with Crippen LogP contribution in [0.1, 0.15) is 21.3 Å². The number of thiophene rings is 1. The number of ether oxygens (including phenoxy) is 1. The molecule has 1 saturated heterocycles. The molecule has 0 spiro atoms. The van der Waals surface area contributed by atoms with E-state index in [0.717, 1.165) is 19.3 Å². The minimum Gasteiger partial charge on any atom is -0.379 e. The van der Waals surface area contributed by atoms with Crippen LogP contribution in [0.15, 0.2) is 46.7 Å². The van der Waals surface area contributed by atoms with E-state index in [4.69, 9.17) is 4.74 Å². The third-order valence-electron chi connectivity index (χ3n) is 4.34. The predicted octanol–water partition coefficient (Wildman–Crippen LogP) is 1.95. The van der Waals surface area contributed by atoms with Crippen molar-refractivity contribution in [1.82, 2.24) is 10.2 Å². The molecule has 0 bridgehead atoms. The smallest absolute Gasteiger partial charge is 0.251 e. The SMILES string of the molecule is CS(=O)(=O)c1cccc(C(=O)NC[C@@H](c2cccs2)N2CCOCC2)c1. The van der Waals surface area contributed by atoms with E-state index in [9.17, 15) is 13.2 Å². The van der Waals surface area contributed by atoms with Gasteiger partial charge in [-0.1, -0.05) is 12.1 Å². The first kappa shape index (κ1) is 19.0. The normalized spacial score (nSPS) is 17.0. The lowest BCUT2D eigenvalue weighted by molar-refractivity contribution is 0.0169. The van der Waals surface area contributed by atoms with Crippen LogP contribution in [0.25, 0.3) is 0 Å². The number of hydrogen-bond donors (Lipinski definition) is 1. The van der Waals surface area contributed by atoms with Gasteiger partial charge in [-0.2, -0.15) is 0 Å². The zero-order valence-electron chi connectivity index (χ0n) is 14.6. The monoisotopic (exact) mass is 394 g/mol. The number of nitrogens with zero attached hydrogens (tertiary/aromatic N) is 1. The Bertz CT molecular complexity index is 844. The van der Waals surface area contributed by atoms with Gasteiger partial charge in [0.05, 0.1) is 24.2 Å². The van der Waals surface area contributed by atoms with Crippen molar-refractivity contribution in [2.75, 3.05) is 39.1 Å². The van der Waals surface area contributed by atoms with Crippen molar-refractivity contribution < 1.29 is 17.9 Å². The summed E-state index contributed by atoms with van der Waals surface area (Å²) in [4.78, 5) is 16.2. The molecule has 1 fully saturated rings. The average Bonchev–Trinajstić information content (AvgIpc) is 3.16. The average molecular weight is 395 g/mol. The largest absolute Gasteiger partial charge is 0.379 e. The number of benzene rings is 1. The Labute approximate surface area is 157 Å². The van der Waals surface area contributed by atoms with Crippen LogP contribution < -0.4 is 5.32 Å². The van der Waals surface area contributed by atoms with Crippen molar-refractivity contribution in [1.29, 1.82) is 0 Å². The molecule has 1 aliphatic heterocycles. The van der Waals surface area contributed by atoms with E-state index in [-0.39, 0.29) is 16.8 Å². The van der Waals surface area contributed by atoms with Crippen molar-refractivity contribution >= 4 is 27.1 Å². The molecule has 1 N–H and O–H groups in total. The summed E-state index contributed by atoms with van der Waals surface area (Å²) in [5, 5.41) is 4.98. The molecule has 8 heteroatoms. The van der Waals surface area contributed by atoms with Gasteiger partial charge in [-0.3, -0.25) is 9.69 Å². The van der Waals surface area contributed by atoms with Crippen molar-refractivity contribution in [3.05, 3.63) is 52.2 Å². The molecule has 1 aromatic heterocycles. The van der Waals surface area contributed by atoms with Crippen LogP contribution in [0.4, 0.5) is 0 Å². The molecule has 1 amide bonds. The van der Waals surface area contributed by atoms with Gasteiger partial charge in [0.2, 0.25) is 0 Å². The highest BCUT2D eigenvalue weighted by molar-refractivity contribution is 7.90. The summed E-state index contributed by atoms with van der Waals surface area (Å²) in [7, 11) is -3.34. The molecule has 0 saturated carbocycles. The Morgan fingerprint density at radius 1 is 1.27 bits per heavy atom. The maximum Gasteiger partial charge on any atom is 0.251 e. The molecule has 26 heavy (non-hydrogen) atoms. The molecule has 1 atom stereocenters. The van der Waals surface area contributed by atoms with E-state index in [2.05, 4.69) is 16.3 Å². The van der Waals surface area contributed by atoms with Gasteiger partial charge in [0.15, 0.2) is 9.84 Å². The third-order valence-corrected chi connectivity index (χ3v) is 6.42. The van der Waals surface area contributed by atoms with Crippen molar-refractivity contribution in [3.63, 3.8) is 0 Å². The maximum absolute atomic E-state index is 12.5. The Hall–Kier alpha value is -1.74. The highest BCUT2D eigenvalue weighted by Crippen LogP contribution is 2.25. The lowest BCUT2D eigenvalue weighted by Gasteiger charge is -2.34. The first-order chi connectivity index (χ1) is 12.4. The topological polar surface area (TPSA) is 75.7 Å². The maximum atomic E-state index is 12.5. The molecule has 6 nitrogen and oxygen atoms in total. The minimum atomic E-state index is -3.34. The van der Waals surface area contributed by atoms with Crippen LogP contribution in [0.5, 0.6) is 0 Å². The standard InChI is InChI=1S/C18H22N2O4S2/c1-26(22,23)15-5-2-4-14(12-15)18(21)19-13-16(17-6-3-11-25-17)20-7-9-24-10-8-20/h2-6,11-12,16H,7-10,13H2,1H3,(H,19,21)/t16-/m0/s1. The van der Waals surface area contributed by atoms with Gasteiger partial charge in [0.1, 0.15) is 0 Å². The minimum absolute atomic E-state index is 0.0842. The van der Waals surface area contributed by atoms with Crippen molar-refractivity contribution in [2.45, 2.75) is 10.9 Å². The summed E-state index contributed by atoms with van der Waals surface area (Å²) < 4.78 is 28.8. The van der Waals surface area contributed by atoms with Gasteiger partial charge in [0, 0.05) is 36.3 Å². The number of amides is 1. The van der Waals surface area contributed by atoms with Crippen LogP contribution in [0, 0.1) is 0 Å². The fourth-order valence-corrected chi connectivity index (χ4v) is 4.47. The van der Waals surface area contributed by atoms with Crippen LogP contribution in [0.2, 0.25) is 0 Å². The Kier molecular flexibility index (Phi) is 6.08. The zero-order chi connectivity index (χ0) is 18.6. The van der Waals surface area contributed by atoms with Crippen LogP contribution in [-0.2, 0) is 14.6 Å². The highest BCUT2D eigenvalue weighted by atomic mass is 32.2. The summed E-state index contributed by atoms with van der Waals surface area (Å²) in [6.45, 7) is 3.48. The second kappa shape index (κ2) is 8.30. The van der Waals surface area contributed by atoms with Gasteiger partial charge < -0.3 is 10.1 Å². The summed E-state index contributed by atoms with van der Waals surface area (Å²) >= 11 is 1.66. The summed E-state index contributed by atoms with van der Waals surface area (Å²) in [6.07, 6.45) is 1.13. The molecular formula is C18H22N2O4S2. The quantitative estimate of drug-likeness (QED) is 0.811. The summed E-state index contributed by atoms with van der Waals surface area (Å²) in [5.74, 6) is -0.273. The van der Waals surface area contributed by atoms with Crippen molar-refractivity contribution in [2.24, 2.45) is 0 Å². The number of rotatable bonds is 6. The van der Waals surface area contributed by atoms with Crippen LogP contribution in [0.3, 0.4) is 0 Å². The first-order valence-corrected chi connectivity index (χ1v) is 11.2. The van der Waals surface area contributed by atoms with E-state index in [1.165, 1.54) is 17.0 Å². The molecule has 0 radical (unpaired) electrons. The molecule has 1 aromatic carbocycles. The third kappa shape index (κ3) is 4.70. The van der Waals surface area contributed by atoms with Gasteiger partial charge >= 0.3 is 0 Å². The molecule has 0 aliphatic carbocycles. The Morgan fingerprint density at radius 3 is 2.69 bits per heavy atom. The van der Waals surface area contributed by atoms with E-state index in [0.29, 0.717) is 25.3 Å². The second-order valence-corrected chi connectivity index (χ2v) is 9.18. The van der Waals surface area contributed by atoms with Gasteiger partial charge in [-0.05, 0) is 29.6 Å². The number of sulfone groups is 1. The Morgan fingerprint density at radius 2 is 2.04 bits per heavy atom. The lowest BCUT2D eigenvalue weighted by atomic mass is 10.1. The fraction of sp³-hybridized carbons (Fsp3) is 0.389. The summed E-state index contributed by atoms with van der Waals surface area (Å²) in [6, 6.07) is 10.3. The number of nitrogens with one attached hydrogen (secondary N) is 1. The van der Waals surface area contributed by atoms with Gasteiger partial charge in [-0.15, -0.1) is 11.3 Å². The zero-order valence-corrected chi connectivity index (χ0v) is 16.2. The van der Waals surface area contributed by atoms with Crippen molar-refractivity contribution in [3.8, 4) is 0 Å². The van der Waals surface area contributed by atoms with Gasteiger partial charge in [-0.25, -0.2) is 8.42 Å². The van der Waals surface area contributed by atoms with Gasteiger partial charge in [0.25, 0.3) is 5.91 Å². The molecule has 140 valence electrons. The number of carbonyl (C=O) groups is 1. The number of morpholine rings is 1. The first-order valence-electron chi connectivity index (χ1n) is 8.38. The molecule has 0 unspecified atom stereocenters. The molecule has 3 rings (SSSR count). The van der Waals surface area contributed by atoms with Crippen LogP contribution in [-0.4, -0.2) is 58.3 Å². The Balaban J connectivity index is 1.71. The molecule has 2 heterocycles. The summed E-state index contributed by atoms with van der Waals surface area (Å²) in [5.41, 5.74) is 0.347.